The van der Waals surface area contributed by atoms with Crippen LogP contribution in [-0.2, 0) is 9.59 Å². The smallest absolute Gasteiger partial charge is 0.335 e. The Balaban J connectivity index is 1.41. The van der Waals surface area contributed by atoms with E-state index in [4.69, 9.17) is 9.47 Å². The lowest BCUT2D eigenvalue weighted by atomic mass is 10.1. The highest BCUT2D eigenvalue weighted by Crippen LogP contribution is 2.23. The van der Waals surface area contributed by atoms with Gasteiger partial charge in [-0.15, -0.1) is 0 Å². The zero-order valence-corrected chi connectivity index (χ0v) is 22.2. The number of benzene rings is 4. The van der Waals surface area contributed by atoms with Gasteiger partial charge in [-0.05, 0) is 34.9 Å². The van der Waals surface area contributed by atoms with Crippen LogP contribution in [-0.4, -0.2) is 11.9 Å². The predicted molar refractivity (Wildman–Crippen MR) is 164 cm³/mol. The molecule has 0 aromatic heterocycles. The maximum atomic E-state index is 14.8. The molecule has 41 heavy (non-hydrogen) atoms. The van der Waals surface area contributed by atoms with Gasteiger partial charge in [0, 0.05) is 28.8 Å². The molecule has 5 heteroatoms. The van der Waals surface area contributed by atoms with Crippen LogP contribution < -0.4 is 9.47 Å². The lowest BCUT2D eigenvalue weighted by Gasteiger charge is -2.05. The van der Waals surface area contributed by atoms with Gasteiger partial charge in [0.25, 0.3) is 0 Å². The van der Waals surface area contributed by atoms with Crippen molar-refractivity contribution in [2.45, 2.75) is 0 Å². The molecule has 4 nitrogen and oxygen atoms in total. The molecule has 4 aromatic carbocycles. The Kier molecular flexibility index (Phi) is 9.73. The number of ether oxygens (including phenoxy) is 2. The Morgan fingerprint density at radius 2 is 0.951 bits per heavy atom. The maximum absolute atomic E-state index is 14.8. The SMILES string of the molecule is C=CC(=O)Oc1ccccc1/C=C/c1ccc(/C=C/c2ccc(/C=C/c3ccccc3OC(=O)C=C)c(F)c2)cc1. The zero-order chi connectivity index (χ0) is 29.0. The lowest BCUT2D eigenvalue weighted by molar-refractivity contribution is -0.129. The van der Waals surface area contributed by atoms with Crippen molar-refractivity contribution in [2.75, 3.05) is 0 Å². The van der Waals surface area contributed by atoms with Crippen molar-refractivity contribution in [3.8, 4) is 11.5 Å². The summed E-state index contributed by atoms with van der Waals surface area (Å²) < 4.78 is 25.3. The summed E-state index contributed by atoms with van der Waals surface area (Å²) in [5, 5.41) is 0. The van der Waals surface area contributed by atoms with E-state index in [1.54, 1.807) is 54.6 Å². The van der Waals surface area contributed by atoms with Crippen LogP contribution in [0.3, 0.4) is 0 Å². The van der Waals surface area contributed by atoms with Crippen molar-refractivity contribution in [3.63, 3.8) is 0 Å². The molecule has 0 bridgehead atoms. The molecule has 202 valence electrons. The summed E-state index contributed by atoms with van der Waals surface area (Å²) in [6, 6.07) is 27.1. The maximum Gasteiger partial charge on any atom is 0.335 e. The van der Waals surface area contributed by atoms with Gasteiger partial charge in [-0.2, -0.15) is 0 Å². The topological polar surface area (TPSA) is 52.6 Å². The first-order valence-electron chi connectivity index (χ1n) is 12.8. The van der Waals surface area contributed by atoms with Crippen molar-refractivity contribution in [3.05, 3.63) is 156 Å². The molecular weight excluding hydrogens is 515 g/mol. The molecule has 0 saturated carbocycles. The van der Waals surface area contributed by atoms with Crippen molar-refractivity contribution < 1.29 is 23.5 Å². The van der Waals surface area contributed by atoms with Crippen molar-refractivity contribution in [1.29, 1.82) is 0 Å². The third kappa shape index (κ3) is 8.22. The van der Waals surface area contributed by atoms with E-state index in [1.807, 2.05) is 66.8 Å². The van der Waals surface area contributed by atoms with Crippen LogP contribution in [0, 0.1) is 5.82 Å². The van der Waals surface area contributed by atoms with Crippen molar-refractivity contribution in [1.82, 2.24) is 0 Å². The normalized spacial score (nSPS) is 11.1. The molecule has 0 saturated heterocycles. The van der Waals surface area contributed by atoms with E-state index in [1.165, 1.54) is 6.07 Å². The molecule has 4 rings (SSSR count). The number of carbonyl (C=O) groups is 2. The van der Waals surface area contributed by atoms with E-state index in [0.717, 1.165) is 34.4 Å². The number of hydrogen-bond donors (Lipinski definition) is 0. The molecule has 4 aromatic rings. The van der Waals surface area contributed by atoms with Crippen molar-refractivity contribution in [2.24, 2.45) is 0 Å². The van der Waals surface area contributed by atoms with Gasteiger partial charge in [0.2, 0.25) is 0 Å². The second kappa shape index (κ2) is 14.0. The molecule has 0 atom stereocenters. The minimum absolute atomic E-state index is 0.369. The van der Waals surface area contributed by atoms with E-state index in [2.05, 4.69) is 13.2 Å². The fourth-order valence-electron chi connectivity index (χ4n) is 3.78. The van der Waals surface area contributed by atoms with Crippen LogP contribution in [0.25, 0.3) is 36.5 Å². The second-order valence-corrected chi connectivity index (χ2v) is 8.77. The first-order chi connectivity index (χ1) is 19.9. The molecule has 0 aliphatic carbocycles. The summed E-state index contributed by atoms with van der Waals surface area (Å²) in [5.41, 5.74) is 4.46. The van der Waals surface area contributed by atoms with E-state index in [9.17, 15) is 14.0 Å². The number of para-hydroxylation sites is 2. The highest BCUT2D eigenvalue weighted by Gasteiger charge is 2.06. The second-order valence-electron chi connectivity index (χ2n) is 8.77. The molecule has 0 aliphatic heterocycles. The van der Waals surface area contributed by atoms with Crippen LogP contribution in [0.1, 0.15) is 33.4 Å². The van der Waals surface area contributed by atoms with Gasteiger partial charge in [-0.3, -0.25) is 0 Å². The molecule has 0 spiro atoms. The largest absolute Gasteiger partial charge is 0.423 e. The van der Waals surface area contributed by atoms with E-state index in [0.29, 0.717) is 22.6 Å². The molecule has 0 radical (unpaired) electrons. The van der Waals surface area contributed by atoms with Gasteiger partial charge in [0.1, 0.15) is 17.3 Å². The van der Waals surface area contributed by atoms with Crippen molar-refractivity contribution >= 4 is 48.4 Å². The van der Waals surface area contributed by atoms with Crippen LogP contribution in [0.2, 0.25) is 0 Å². The molecular formula is C36H27FO4. The fraction of sp³-hybridized carbons (Fsp3) is 0. The number of halogens is 1. The van der Waals surface area contributed by atoms with Gasteiger partial charge in [-0.25, -0.2) is 14.0 Å². The Bertz CT molecular complexity index is 1660. The zero-order valence-electron chi connectivity index (χ0n) is 22.2. The third-order valence-electron chi connectivity index (χ3n) is 5.92. The predicted octanol–water partition coefficient (Wildman–Crippen LogP) is 8.52. The van der Waals surface area contributed by atoms with E-state index < -0.39 is 11.9 Å². The molecule has 0 amide bonds. The van der Waals surface area contributed by atoms with E-state index >= 15 is 0 Å². The minimum Gasteiger partial charge on any atom is -0.423 e. The highest BCUT2D eigenvalue weighted by atomic mass is 19.1. The summed E-state index contributed by atoms with van der Waals surface area (Å²) in [7, 11) is 0. The molecule has 0 heterocycles. The van der Waals surface area contributed by atoms with Gasteiger partial charge in [-0.1, -0.05) is 122 Å². The highest BCUT2D eigenvalue weighted by molar-refractivity contribution is 5.85. The van der Waals surface area contributed by atoms with Gasteiger partial charge in [0.05, 0.1) is 0 Å². The Morgan fingerprint density at radius 1 is 0.537 bits per heavy atom. The summed E-state index contributed by atoms with van der Waals surface area (Å²) in [5.74, 6) is -0.616. The van der Waals surface area contributed by atoms with Gasteiger partial charge in [0.15, 0.2) is 0 Å². The van der Waals surface area contributed by atoms with Gasteiger partial charge < -0.3 is 9.47 Å². The van der Waals surface area contributed by atoms with Crippen LogP contribution in [0.5, 0.6) is 11.5 Å². The lowest BCUT2D eigenvalue weighted by Crippen LogP contribution is -2.03. The molecule has 0 unspecified atom stereocenters. The number of rotatable bonds is 10. The minimum atomic E-state index is -0.561. The first kappa shape index (κ1) is 28.5. The summed E-state index contributed by atoms with van der Waals surface area (Å²) in [6.45, 7) is 6.83. The number of carbonyl (C=O) groups excluding carboxylic acids is 2. The average molecular weight is 543 g/mol. The quantitative estimate of drug-likeness (QED) is 0.0872. The monoisotopic (exact) mass is 542 g/mol. The average Bonchev–Trinajstić information content (AvgIpc) is 3.00. The van der Waals surface area contributed by atoms with Crippen LogP contribution >= 0.6 is 0 Å². The Hall–Kier alpha value is -5.55. The van der Waals surface area contributed by atoms with Crippen LogP contribution in [0.15, 0.2) is 116 Å². The first-order valence-corrected chi connectivity index (χ1v) is 12.8. The summed E-state index contributed by atoms with van der Waals surface area (Å²) in [4.78, 5) is 23.1. The number of hydrogen-bond acceptors (Lipinski definition) is 4. The molecule has 0 N–H and O–H groups in total. The van der Waals surface area contributed by atoms with Crippen LogP contribution in [0.4, 0.5) is 4.39 Å². The summed E-state index contributed by atoms with van der Waals surface area (Å²) >= 11 is 0. The van der Waals surface area contributed by atoms with E-state index in [-0.39, 0.29) is 5.82 Å². The van der Waals surface area contributed by atoms with Gasteiger partial charge >= 0.3 is 11.9 Å². The molecule has 0 fully saturated rings. The Morgan fingerprint density at radius 3 is 1.46 bits per heavy atom. The summed E-state index contributed by atoms with van der Waals surface area (Å²) in [6.07, 6.45) is 13.1. The fourth-order valence-corrected chi connectivity index (χ4v) is 3.78. The number of esters is 2. The standard InChI is InChI=1S/C36H27FO4/c1-3-35(38)40-33-11-7-5-9-30(33)22-19-27-15-13-26(14-16-27)17-18-28-20-21-29(32(37)25-28)23-24-31-10-6-8-12-34(31)41-36(39)4-2/h3-25H,1-2H2/b18-17+,22-19+,24-23+. The third-order valence-corrected chi connectivity index (χ3v) is 5.92. The Labute approximate surface area is 238 Å². The molecule has 0 aliphatic rings.